The van der Waals surface area contributed by atoms with Gasteiger partial charge in [-0.2, -0.15) is 9.78 Å². The van der Waals surface area contributed by atoms with Crippen LogP contribution in [0.5, 0.6) is 0 Å². The Morgan fingerprint density at radius 3 is 2.42 bits per heavy atom. The van der Waals surface area contributed by atoms with Crippen molar-refractivity contribution < 1.29 is 4.79 Å². The first kappa shape index (κ1) is 21.3. The summed E-state index contributed by atoms with van der Waals surface area (Å²) in [6, 6.07) is 10.1. The van der Waals surface area contributed by atoms with Gasteiger partial charge in [0.2, 0.25) is 5.91 Å². The van der Waals surface area contributed by atoms with E-state index in [-0.39, 0.29) is 11.5 Å². The van der Waals surface area contributed by atoms with E-state index in [1.807, 2.05) is 44.2 Å². The standard InChI is InChI=1S/C25H32N4O2/c1-17-10-8-11-18(2)28(17)23(30)14-9-15-27-19(3)22-16-26-29(21-12-6-5-7-13-21)25(31)24(22)20(27)4/h5-7,12-13,16-18H,8-11,14-15H2,1-4H3. The summed E-state index contributed by atoms with van der Waals surface area (Å²) in [4.78, 5) is 28.1. The Morgan fingerprint density at radius 2 is 1.74 bits per heavy atom. The van der Waals surface area contributed by atoms with Gasteiger partial charge in [-0.3, -0.25) is 9.59 Å². The maximum absolute atomic E-state index is 13.2. The molecule has 1 saturated heterocycles. The third-order valence-corrected chi connectivity index (χ3v) is 6.79. The van der Waals surface area contributed by atoms with Crippen LogP contribution in [0, 0.1) is 13.8 Å². The fourth-order valence-corrected chi connectivity index (χ4v) is 5.13. The number of piperidine rings is 1. The predicted molar refractivity (Wildman–Crippen MR) is 124 cm³/mol. The van der Waals surface area contributed by atoms with E-state index < -0.39 is 0 Å². The van der Waals surface area contributed by atoms with Crippen LogP contribution in [-0.4, -0.2) is 37.2 Å². The van der Waals surface area contributed by atoms with Gasteiger partial charge >= 0.3 is 0 Å². The molecule has 3 aromatic rings. The lowest BCUT2D eigenvalue weighted by Gasteiger charge is -2.39. The van der Waals surface area contributed by atoms with Crippen LogP contribution in [-0.2, 0) is 11.3 Å². The predicted octanol–water partition coefficient (Wildman–Crippen LogP) is 4.37. The number of nitrogens with zero attached hydrogens (tertiary/aromatic N) is 4. The van der Waals surface area contributed by atoms with Crippen molar-refractivity contribution in [2.45, 2.75) is 78.4 Å². The lowest BCUT2D eigenvalue weighted by molar-refractivity contribution is -0.137. The number of benzene rings is 1. The number of aromatic nitrogens is 3. The normalized spacial score (nSPS) is 19.2. The zero-order valence-electron chi connectivity index (χ0n) is 19.0. The number of para-hydroxylation sites is 1. The molecule has 164 valence electrons. The van der Waals surface area contributed by atoms with Crippen molar-refractivity contribution in [2.75, 3.05) is 0 Å². The Balaban J connectivity index is 1.55. The Morgan fingerprint density at radius 1 is 1.06 bits per heavy atom. The van der Waals surface area contributed by atoms with Crippen molar-refractivity contribution >= 4 is 16.7 Å². The van der Waals surface area contributed by atoms with Crippen molar-refractivity contribution in [2.24, 2.45) is 0 Å². The van der Waals surface area contributed by atoms with Crippen LogP contribution in [0.4, 0.5) is 0 Å². The summed E-state index contributed by atoms with van der Waals surface area (Å²) in [5, 5.41) is 6.01. The van der Waals surface area contributed by atoms with E-state index in [9.17, 15) is 9.59 Å². The number of fused-ring (bicyclic) bond motifs is 1. The molecule has 1 amide bonds. The molecular weight excluding hydrogens is 388 g/mol. The highest BCUT2D eigenvalue weighted by Crippen LogP contribution is 2.25. The van der Waals surface area contributed by atoms with E-state index in [0.717, 1.165) is 48.3 Å². The van der Waals surface area contributed by atoms with Crippen LogP contribution in [0.15, 0.2) is 41.3 Å². The minimum absolute atomic E-state index is 0.102. The van der Waals surface area contributed by atoms with Gasteiger partial charge in [-0.05, 0) is 65.5 Å². The fraction of sp³-hybridized carbons (Fsp3) is 0.480. The molecule has 1 aliphatic rings. The summed E-state index contributed by atoms with van der Waals surface area (Å²) >= 11 is 0. The van der Waals surface area contributed by atoms with E-state index in [1.165, 1.54) is 11.1 Å². The van der Waals surface area contributed by atoms with Crippen LogP contribution in [0.1, 0.15) is 57.3 Å². The van der Waals surface area contributed by atoms with Crippen LogP contribution in [0.3, 0.4) is 0 Å². The molecule has 2 aromatic heterocycles. The Kier molecular flexibility index (Phi) is 5.99. The first-order valence-corrected chi connectivity index (χ1v) is 11.3. The molecule has 31 heavy (non-hydrogen) atoms. The zero-order chi connectivity index (χ0) is 22.1. The topological polar surface area (TPSA) is 60.1 Å². The minimum atomic E-state index is -0.102. The molecule has 1 aliphatic heterocycles. The van der Waals surface area contributed by atoms with Gasteiger partial charge in [-0.25, -0.2) is 0 Å². The third-order valence-electron chi connectivity index (χ3n) is 6.79. The quantitative estimate of drug-likeness (QED) is 0.616. The molecule has 0 aliphatic carbocycles. The van der Waals surface area contributed by atoms with E-state index in [2.05, 4.69) is 28.4 Å². The fourth-order valence-electron chi connectivity index (χ4n) is 5.13. The molecular formula is C25H32N4O2. The van der Waals surface area contributed by atoms with Gasteiger partial charge < -0.3 is 9.47 Å². The van der Waals surface area contributed by atoms with E-state index in [1.54, 1.807) is 6.20 Å². The maximum atomic E-state index is 13.2. The summed E-state index contributed by atoms with van der Waals surface area (Å²) in [7, 11) is 0. The van der Waals surface area contributed by atoms with Crippen molar-refractivity contribution in [3.63, 3.8) is 0 Å². The molecule has 0 radical (unpaired) electrons. The molecule has 2 atom stereocenters. The molecule has 6 nitrogen and oxygen atoms in total. The van der Waals surface area contributed by atoms with Crippen LogP contribution < -0.4 is 5.56 Å². The number of carbonyl (C=O) groups is 1. The third kappa shape index (κ3) is 3.91. The smallest absolute Gasteiger partial charge is 0.281 e. The second-order valence-electron chi connectivity index (χ2n) is 8.84. The highest BCUT2D eigenvalue weighted by molar-refractivity contribution is 5.87. The maximum Gasteiger partial charge on any atom is 0.281 e. The van der Waals surface area contributed by atoms with E-state index in [0.29, 0.717) is 23.9 Å². The van der Waals surface area contributed by atoms with Gasteiger partial charge in [0, 0.05) is 41.8 Å². The number of rotatable bonds is 5. The van der Waals surface area contributed by atoms with Crippen LogP contribution >= 0.6 is 0 Å². The molecule has 0 saturated carbocycles. The summed E-state index contributed by atoms with van der Waals surface area (Å²) in [5.74, 6) is 0.250. The number of hydrogen-bond acceptors (Lipinski definition) is 3. The summed E-state index contributed by atoms with van der Waals surface area (Å²) in [6.07, 6.45) is 6.47. The van der Waals surface area contributed by atoms with Crippen LogP contribution in [0.2, 0.25) is 0 Å². The minimum Gasteiger partial charge on any atom is -0.348 e. The second-order valence-corrected chi connectivity index (χ2v) is 8.84. The SMILES string of the molecule is Cc1c2cnn(-c3ccccc3)c(=O)c2c(C)n1CCCC(=O)N1C(C)CCCC1C. The molecule has 6 heteroatoms. The molecule has 0 spiro atoms. The van der Waals surface area contributed by atoms with Gasteiger partial charge in [-0.15, -0.1) is 0 Å². The molecule has 4 rings (SSSR count). The average Bonchev–Trinajstić information content (AvgIpc) is 3.00. The lowest BCUT2D eigenvalue weighted by Crippen LogP contribution is -2.47. The number of amides is 1. The first-order chi connectivity index (χ1) is 14.9. The average molecular weight is 421 g/mol. The lowest BCUT2D eigenvalue weighted by atomic mass is 9.97. The Bertz CT molecular complexity index is 1140. The van der Waals surface area contributed by atoms with Crippen molar-refractivity contribution in [1.82, 2.24) is 19.2 Å². The molecule has 0 N–H and O–H groups in total. The number of carbonyl (C=O) groups excluding carboxylic acids is 1. The molecule has 2 unspecified atom stereocenters. The summed E-state index contributed by atoms with van der Waals surface area (Å²) in [5.41, 5.74) is 2.63. The Labute approximate surface area is 183 Å². The van der Waals surface area contributed by atoms with Crippen molar-refractivity contribution in [3.05, 3.63) is 58.3 Å². The number of likely N-dealkylation sites (tertiary alicyclic amines) is 1. The Hall–Kier alpha value is -2.89. The molecule has 1 aromatic carbocycles. The van der Waals surface area contributed by atoms with Gasteiger partial charge in [0.15, 0.2) is 0 Å². The van der Waals surface area contributed by atoms with Gasteiger partial charge in [0.25, 0.3) is 5.56 Å². The van der Waals surface area contributed by atoms with Crippen molar-refractivity contribution in [3.8, 4) is 5.69 Å². The second kappa shape index (κ2) is 8.69. The number of hydrogen-bond donors (Lipinski definition) is 0. The molecule has 0 bridgehead atoms. The summed E-state index contributed by atoms with van der Waals surface area (Å²) in [6.45, 7) is 9.05. The number of aryl methyl sites for hydroxylation is 2. The first-order valence-electron chi connectivity index (χ1n) is 11.3. The molecule has 3 heterocycles. The molecule has 1 fully saturated rings. The van der Waals surface area contributed by atoms with Gasteiger partial charge in [-0.1, -0.05) is 18.2 Å². The van der Waals surface area contributed by atoms with E-state index >= 15 is 0 Å². The van der Waals surface area contributed by atoms with Gasteiger partial charge in [0.05, 0.1) is 17.3 Å². The monoisotopic (exact) mass is 420 g/mol. The highest BCUT2D eigenvalue weighted by Gasteiger charge is 2.28. The van der Waals surface area contributed by atoms with Crippen LogP contribution in [0.25, 0.3) is 16.5 Å². The van der Waals surface area contributed by atoms with E-state index in [4.69, 9.17) is 0 Å². The summed E-state index contributed by atoms with van der Waals surface area (Å²) < 4.78 is 3.63. The van der Waals surface area contributed by atoms with Gasteiger partial charge in [0.1, 0.15) is 0 Å². The highest BCUT2D eigenvalue weighted by atomic mass is 16.2. The largest absolute Gasteiger partial charge is 0.348 e. The van der Waals surface area contributed by atoms with Crippen molar-refractivity contribution in [1.29, 1.82) is 0 Å². The zero-order valence-corrected chi connectivity index (χ0v) is 19.0.